The first-order valence-electron chi connectivity index (χ1n) is 10.6. The largest absolute Gasteiger partial charge is 0.381 e. The summed E-state index contributed by atoms with van der Waals surface area (Å²) in [5, 5.41) is 6.69. The van der Waals surface area contributed by atoms with Crippen molar-refractivity contribution < 1.29 is 9.47 Å². The summed E-state index contributed by atoms with van der Waals surface area (Å²) in [6.07, 6.45) is 3.68. The van der Waals surface area contributed by atoms with Crippen LogP contribution in [0.5, 0.6) is 0 Å². The molecule has 0 spiro atoms. The lowest BCUT2D eigenvalue weighted by molar-refractivity contribution is 0.107. The van der Waals surface area contributed by atoms with E-state index in [1.54, 1.807) is 7.05 Å². The molecular formula is C24H34IN3O2. The quantitative estimate of drug-likeness (QED) is 0.186. The Morgan fingerprint density at radius 3 is 2.23 bits per heavy atom. The van der Waals surface area contributed by atoms with Gasteiger partial charge in [-0.15, -0.1) is 24.0 Å². The lowest BCUT2D eigenvalue weighted by Gasteiger charge is -2.12. The molecule has 1 fully saturated rings. The summed E-state index contributed by atoms with van der Waals surface area (Å²) in [6.45, 7) is 4.60. The molecule has 5 nitrogen and oxygen atoms in total. The molecule has 2 N–H and O–H groups in total. The average Bonchev–Trinajstić information content (AvgIpc) is 3.59. The summed E-state index contributed by atoms with van der Waals surface area (Å²) in [5.74, 6) is 1.65. The Morgan fingerprint density at radius 1 is 0.900 bits per heavy atom. The second-order valence-corrected chi connectivity index (χ2v) is 7.52. The van der Waals surface area contributed by atoms with Crippen molar-refractivity contribution in [2.75, 3.05) is 26.8 Å². The molecule has 0 amide bonds. The first-order valence-corrected chi connectivity index (χ1v) is 10.6. The number of halogens is 1. The molecule has 2 aromatic rings. The number of guanidine groups is 1. The van der Waals surface area contributed by atoms with Crippen molar-refractivity contribution in [3.63, 3.8) is 0 Å². The maximum Gasteiger partial charge on any atom is 0.191 e. The molecule has 0 bridgehead atoms. The van der Waals surface area contributed by atoms with Crippen LogP contribution in [0, 0.1) is 5.92 Å². The van der Waals surface area contributed by atoms with Gasteiger partial charge >= 0.3 is 0 Å². The Bertz CT molecular complexity index is 734. The standard InChI is InChI=1S/C24H33N3O2.HI/c1-25-24(26-14-5-15-28-17-22-12-13-22)27-16-20-8-10-23(11-9-20)19-29-18-21-6-3-2-4-7-21;/h2-4,6-11,22H,5,12-19H2,1H3,(H2,25,26,27);1H. The fourth-order valence-corrected chi connectivity index (χ4v) is 2.94. The van der Waals surface area contributed by atoms with E-state index in [-0.39, 0.29) is 24.0 Å². The van der Waals surface area contributed by atoms with Crippen molar-refractivity contribution in [1.29, 1.82) is 0 Å². The minimum atomic E-state index is 0. The van der Waals surface area contributed by atoms with Gasteiger partial charge in [-0.1, -0.05) is 54.6 Å². The molecule has 0 radical (unpaired) electrons. The van der Waals surface area contributed by atoms with Gasteiger partial charge < -0.3 is 20.1 Å². The predicted molar refractivity (Wildman–Crippen MR) is 133 cm³/mol. The van der Waals surface area contributed by atoms with Gasteiger partial charge in [0.05, 0.1) is 13.2 Å². The molecule has 1 saturated carbocycles. The fourth-order valence-electron chi connectivity index (χ4n) is 2.94. The molecule has 0 saturated heterocycles. The first-order chi connectivity index (χ1) is 14.3. The van der Waals surface area contributed by atoms with Crippen molar-refractivity contribution >= 4 is 29.9 Å². The molecule has 2 aromatic carbocycles. The Hall–Kier alpha value is -1.64. The van der Waals surface area contributed by atoms with Crippen molar-refractivity contribution in [2.45, 2.75) is 39.0 Å². The van der Waals surface area contributed by atoms with Gasteiger partial charge in [-0.25, -0.2) is 0 Å². The van der Waals surface area contributed by atoms with E-state index in [2.05, 4.69) is 52.0 Å². The molecule has 0 aromatic heterocycles. The van der Waals surface area contributed by atoms with E-state index in [0.29, 0.717) is 13.2 Å². The number of hydrogen-bond acceptors (Lipinski definition) is 3. The summed E-state index contributed by atoms with van der Waals surface area (Å²) >= 11 is 0. The maximum absolute atomic E-state index is 5.79. The zero-order valence-corrected chi connectivity index (χ0v) is 20.1. The van der Waals surface area contributed by atoms with Gasteiger partial charge in [-0.05, 0) is 41.9 Å². The third-order valence-electron chi connectivity index (χ3n) is 4.90. The molecule has 3 rings (SSSR count). The Balaban J connectivity index is 0.00000320. The number of ether oxygens (including phenoxy) is 2. The second-order valence-electron chi connectivity index (χ2n) is 7.52. The van der Waals surface area contributed by atoms with Crippen LogP contribution in [0.2, 0.25) is 0 Å². The Morgan fingerprint density at radius 2 is 1.57 bits per heavy atom. The highest BCUT2D eigenvalue weighted by Gasteiger charge is 2.20. The smallest absolute Gasteiger partial charge is 0.191 e. The van der Waals surface area contributed by atoms with Crippen LogP contribution in [0.25, 0.3) is 0 Å². The Labute approximate surface area is 197 Å². The summed E-state index contributed by atoms with van der Waals surface area (Å²) < 4.78 is 11.5. The Kier molecular flexibility index (Phi) is 11.8. The zero-order valence-electron chi connectivity index (χ0n) is 17.8. The molecule has 1 aliphatic rings. The van der Waals surface area contributed by atoms with Crippen LogP contribution in [0.3, 0.4) is 0 Å². The van der Waals surface area contributed by atoms with Crippen molar-refractivity contribution in [2.24, 2.45) is 10.9 Å². The highest BCUT2D eigenvalue weighted by Crippen LogP contribution is 2.28. The van der Waals surface area contributed by atoms with Crippen LogP contribution in [-0.2, 0) is 29.2 Å². The molecule has 6 heteroatoms. The third kappa shape index (κ3) is 9.91. The third-order valence-corrected chi connectivity index (χ3v) is 4.90. The van der Waals surface area contributed by atoms with Gasteiger partial charge in [0, 0.05) is 33.4 Å². The van der Waals surface area contributed by atoms with Gasteiger partial charge in [-0.3, -0.25) is 4.99 Å². The van der Waals surface area contributed by atoms with Crippen molar-refractivity contribution in [1.82, 2.24) is 10.6 Å². The fraction of sp³-hybridized carbons (Fsp3) is 0.458. The van der Waals surface area contributed by atoms with Gasteiger partial charge in [0.15, 0.2) is 5.96 Å². The van der Waals surface area contributed by atoms with E-state index in [1.807, 2.05) is 18.2 Å². The average molecular weight is 523 g/mol. The van der Waals surface area contributed by atoms with E-state index in [0.717, 1.165) is 44.6 Å². The highest BCUT2D eigenvalue weighted by molar-refractivity contribution is 14.0. The zero-order chi connectivity index (χ0) is 20.2. The van der Waals surface area contributed by atoms with Crippen LogP contribution < -0.4 is 10.6 Å². The van der Waals surface area contributed by atoms with Gasteiger partial charge in [-0.2, -0.15) is 0 Å². The van der Waals surface area contributed by atoms with E-state index in [9.17, 15) is 0 Å². The summed E-state index contributed by atoms with van der Waals surface area (Å²) in [5.41, 5.74) is 3.59. The molecular weight excluding hydrogens is 489 g/mol. The van der Waals surface area contributed by atoms with E-state index in [4.69, 9.17) is 9.47 Å². The molecule has 0 unspecified atom stereocenters. The van der Waals surface area contributed by atoms with E-state index in [1.165, 1.54) is 29.5 Å². The molecule has 1 aliphatic carbocycles. The van der Waals surface area contributed by atoms with Crippen LogP contribution in [0.15, 0.2) is 59.6 Å². The van der Waals surface area contributed by atoms with Crippen LogP contribution in [-0.4, -0.2) is 32.8 Å². The first kappa shape index (κ1) is 24.6. The maximum atomic E-state index is 5.79. The highest BCUT2D eigenvalue weighted by atomic mass is 127. The minimum absolute atomic E-state index is 0. The monoisotopic (exact) mass is 523 g/mol. The topological polar surface area (TPSA) is 54.9 Å². The number of benzene rings is 2. The number of aliphatic imine (C=N–C) groups is 1. The van der Waals surface area contributed by atoms with E-state index >= 15 is 0 Å². The normalized spacial score (nSPS) is 13.6. The van der Waals surface area contributed by atoms with E-state index < -0.39 is 0 Å². The van der Waals surface area contributed by atoms with Crippen molar-refractivity contribution in [3.05, 3.63) is 71.3 Å². The van der Waals surface area contributed by atoms with Crippen LogP contribution >= 0.6 is 24.0 Å². The summed E-state index contributed by atoms with van der Waals surface area (Å²) in [4.78, 5) is 4.28. The van der Waals surface area contributed by atoms with Gasteiger partial charge in [0.25, 0.3) is 0 Å². The second kappa shape index (κ2) is 14.4. The molecule has 0 heterocycles. The number of rotatable bonds is 12. The summed E-state index contributed by atoms with van der Waals surface area (Å²) in [6, 6.07) is 18.8. The lowest BCUT2D eigenvalue weighted by atomic mass is 10.1. The van der Waals surface area contributed by atoms with Crippen LogP contribution in [0.1, 0.15) is 36.0 Å². The van der Waals surface area contributed by atoms with Gasteiger partial charge in [0.1, 0.15) is 0 Å². The lowest BCUT2D eigenvalue weighted by Crippen LogP contribution is -2.37. The van der Waals surface area contributed by atoms with Crippen LogP contribution in [0.4, 0.5) is 0 Å². The van der Waals surface area contributed by atoms with Crippen molar-refractivity contribution in [3.8, 4) is 0 Å². The SMILES string of the molecule is CN=C(NCCCOCC1CC1)NCc1ccc(COCc2ccccc2)cc1.I. The predicted octanol–water partition coefficient (Wildman–Crippen LogP) is 4.50. The minimum Gasteiger partial charge on any atom is -0.381 e. The molecule has 30 heavy (non-hydrogen) atoms. The number of hydrogen-bond donors (Lipinski definition) is 2. The summed E-state index contributed by atoms with van der Waals surface area (Å²) in [7, 11) is 1.80. The number of nitrogens with one attached hydrogen (secondary N) is 2. The number of nitrogens with zero attached hydrogens (tertiary/aromatic N) is 1. The molecule has 164 valence electrons. The van der Waals surface area contributed by atoms with Gasteiger partial charge in [0.2, 0.25) is 0 Å². The molecule has 0 atom stereocenters. The molecule has 0 aliphatic heterocycles.